The van der Waals surface area contributed by atoms with Crippen LogP contribution >= 0.6 is 0 Å². The first-order chi connectivity index (χ1) is 28.8. The molecule has 0 unspecified atom stereocenters. The van der Waals surface area contributed by atoms with Gasteiger partial charge in [0.25, 0.3) is 0 Å². The summed E-state index contributed by atoms with van der Waals surface area (Å²) >= 11 is 0. The number of hydrogen-bond acceptors (Lipinski definition) is 3. The Hall–Kier alpha value is -7.89. The van der Waals surface area contributed by atoms with Crippen molar-refractivity contribution < 1.29 is 0 Å². The second kappa shape index (κ2) is 12.8. The van der Waals surface area contributed by atoms with Crippen molar-refractivity contribution in [3.8, 4) is 45.5 Å². The number of nitrogens with zero attached hydrogens (tertiary/aromatic N) is 5. The predicted octanol–water partition coefficient (Wildman–Crippen LogP) is 13.4. The molecule has 5 nitrogen and oxygen atoms in total. The molecule has 58 heavy (non-hydrogen) atoms. The average Bonchev–Trinajstić information content (AvgIpc) is 3.81. The van der Waals surface area contributed by atoms with Crippen LogP contribution in [0.3, 0.4) is 0 Å². The quantitative estimate of drug-likeness (QED) is 0.177. The van der Waals surface area contributed by atoms with E-state index in [9.17, 15) is 0 Å². The highest BCUT2D eigenvalue weighted by atomic mass is 15.1. The SMILES string of the molecule is c1ccc(-c2nc(-c3ccccc3)nc(-c3ccccc3-n3c4ccccc4c4cc5cc(-n6c7ccccc7c7ccc8ccccc8c76)ccc5cc43)n2)cc1. The van der Waals surface area contributed by atoms with E-state index in [0.29, 0.717) is 17.5 Å². The van der Waals surface area contributed by atoms with E-state index >= 15 is 0 Å². The number of aromatic nitrogens is 5. The van der Waals surface area contributed by atoms with E-state index in [1.807, 2.05) is 60.7 Å². The van der Waals surface area contributed by atoms with Crippen molar-refractivity contribution in [2.24, 2.45) is 0 Å². The van der Waals surface area contributed by atoms with Crippen molar-refractivity contribution in [2.75, 3.05) is 0 Å². The maximum atomic E-state index is 5.14. The molecular weight excluding hydrogens is 707 g/mol. The van der Waals surface area contributed by atoms with Gasteiger partial charge >= 0.3 is 0 Å². The third-order valence-electron chi connectivity index (χ3n) is 11.5. The lowest BCUT2D eigenvalue weighted by molar-refractivity contribution is 1.06. The second-order valence-electron chi connectivity index (χ2n) is 14.8. The predicted molar refractivity (Wildman–Crippen MR) is 240 cm³/mol. The Kier molecular flexibility index (Phi) is 7.16. The normalized spacial score (nSPS) is 11.8. The number of benzene rings is 9. The summed E-state index contributed by atoms with van der Waals surface area (Å²) in [5.74, 6) is 1.90. The highest BCUT2D eigenvalue weighted by Gasteiger charge is 2.20. The molecule has 5 heteroatoms. The summed E-state index contributed by atoms with van der Waals surface area (Å²) in [7, 11) is 0. The molecule has 0 radical (unpaired) electrons. The van der Waals surface area contributed by atoms with E-state index in [1.54, 1.807) is 0 Å². The Morgan fingerprint density at radius 1 is 0.310 bits per heavy atom. The summed E-state index contributed by atoms with van der Waals surface area (Å²) < 4.78 is 4.82. The van der Waals surface area contributed by atoms with Crippen LogP contribution in [0.4, 0.5) is 0 Å². The minimum Gasteiger partial charge on any atom is -0.309 e. The van der Waals surface area contributed by atoms with E-state index in [1.165, 1.54) is 54.1 Å². The van der Waals surface area contributed by atoms with Gasteiger partial charge in [0, 0.05) is 49.3 Å². The molecular formula is C53H33N5. The molecule has 12 aromatic rings. The van der Waals surface area contributed by atoms with Crippen LogP contribution in [-0.2, 0) is 0 Å². The molecule has 0 aliphatic carbocycles. The molecule has 3 heterocycles. The van der Waals surface area contributed by atoms with Crippen LogP contribution in [0.15, 0.2) is 200 Å². The molecule has 0 aliphatic heterocycles. The Morgan fingerprint density at radius 2 is 0.879 bits per heavy atom. The zero-order valence-corrected chi connectivity index (χ0v) is 31.3. The minimum atomic E-state index is 0.623. The van der Waals surface area contributed by atoms with Gasteiger partial charge < -0.3 is 9.13 Å². The molecule has 0 fully saturated rings. The first kappa shape index (κ1) is 32.4. The van der Waals surface area contributed by atoms with Gasteiger partial charge in [-0.1, -0.05) is 152 Å². The van der Waals surface area contributed by atoms with Crippen molar-refractivity contribution >= 4 is 65.2 Å². The van der Waals surface area contributed by atoms with Gasteiger partial charge in [0.1, 0.15) is 0 Å². The fourth-order valence-corrected chi connectivity index (χ4v) is 8.88. The Bertz CT molecular complexity index is 3510. The molecule has 12 rings (SSSR count). The van der Waals surface area contributed by atoms with Crippen LogP contribution in [0.25, 0.3) is 111 Å². The number of para-hydroxylation sites is 3. The summed E-state index contributed by atoms with van der Waals surface area (Å²) in [5.41, 5.74) is 9.63. The molecule has 3 aromatic heterocycles. The smallest absolute Gasteiger partial charge is 0.166 e. The van der Waals surface area contributed by atoms with E-state index < -0.39 is 0 Å². The molecule has 0 bridgehead atoms. The van der Waals surface area contributed by atoms with Gasteiger partial charge in [-0.2, -0.15) is 0 Å². The maximum absolute atomic E-state index is 5.14. The van der Waals surface area contributed by atoms with E-state index in [-0.39, 0.29) is 0 Å². The first-order valence-corrected chi connectivity index (χ1v) is 19.6. The number of fused-ring (bicyclic) bond motifs is 9. The molecule has 0 atom stereocenters. The highest BCUT2D eigenvalue weighted by molar-refractivity contribution is 6.19. The van der Waals surface area contributed by atoms with E-state index in [4.69, 9.17) is 15.0 Å². The summed E-state index contributed by atoms with van der Waals surface area (Å²) in [6, 6.07) is 71.0. The van der Waals surface area contributed by atoms with Gasteiger partial charge in [-0.25, -0.2) is 15.0 Å². The topological polar surface area (TPSA) is 48.5 Å². The van der Waals surface area contributed by atoms with Crippen molar-refractivity contribution in [3.05, 3.63) is 200 Å². The largest absolute Gasteiger partial charge is 0.309 e. The Morgan fingerprint density at radius 3 is 1.62 bits per heavy atom. The van der Waals surface area contributed by atoms with Crippen LogP contribution in [-0.4, -0.2) is 24.1 Å². The fourth-order valence-electron chi connectivity index (χ4n) is 8.88. The van der Waals surface area contributed by atoms with Crippen molar-refractivity contribution in [1.82, 2.24) is 24.1 Å². The second-order valence-corrected chi connectivity index (χ2v) is 14.8. The highest BCUT2D eigenvalue weighted by Crippen LogP contribution is 2.40. The summed E-state index contributed by atoms with van der Waals surface area (Å²) in [6.07, 6.45) is 0. The molecule has 0 spiro atoms. The molecule has 0 saturated heterocycles. The zero-order chi connectivity index (χ0) is 38.2. The van der Waals surface area contributed by atoms with Crippen LogP contribution in [0.5, 0.6) is 0 Å². The standard InChI is InChI=1S/C53H33N5/c1-3-16-35(17-4-1)51-54-52(36-18-5-2-6-19-36)56-53(55-51)44-23-11-14-26-48(44)58-47-25-13-10-22-42(47)45-32-38-31-39(29-27-37(38)33-49(45)58)57-46-24-12-9-21-41(46)43-30-28-34-15-7-8-20-40(34)50(43)57/h1-33H. The minimum absolute atomic E-state index is 0.623. The number of rotatable bonds is 5. The summed E-state index contributed by atoms with van der Waals surface area (Å²) in [6.45, 7) is 0. The molecule has 270 valence electrons. The lowest BCUT2D eigenvalue weighted by Gasteiger charge is -2.15. The van der Waals surface area contributed by atoms with Crippen molar-refractivity contribution in [1.29, 1.82) is 0 Å². The third kappa shape index (κ3) is 5.00. The van der Waals surface area contributed by atoms with Crippen molar-refractivity contribution in [2.45, 2.75) is 0 Å². The average molecular weight is 740 g/mol. The fraction of sp³-hybridized carbons (Fsp3) is 0. The number of hydrogen-bond donors (Lipinski definition) is 0. The van der Waals surface area contributed by atoms with Gasteiger partial charge in [0.2, 0.25) is 0 Å². The van der Waals surface area contributed by atoms with Crippen LogP contribution in [0.2, 0.25) is 0 Å². The third-order valence-corrected chi connectivity index (χ3v) is 11.5. The Balaban J connectivity index is 1.08. The van der Waals surface area contributed by atoms with Gasteiger partial charge in [-0.15, -0.1) is 0 Å². The monoisotopic (exact) mass is 739 g/mol. The maximum Gasteiger partial charge on any atom is 0.166 e. The molecule has 0 saturated carbocycles. The van der Waals surface area contributed by atoms with E-state index in [2.05, 4.69) is 149 Å². The van der Waals surface area contributed by atoms with Crippen molar-refractivity contribution in [3.63, 3.8) is 0 Å². The van der Waals surface area contributed by atoms with Gasteiger partial charge in [0.05, 0.1) is 27.8 Å². The summed E-state index contributed by atoms with van der Waals surface area (Å²) in [4.78, 5) is 15.2. The van der Waals surface area contributed by atoms with Gasteiger partial charge in [-0.3, -0.25) is 0 Å². The van der Waals surface area contributed by atoms with Gasteiger partial charge in [0.15, 0.2) is 17.5 Å². The lowest BCUT2D eigenvalue weighted by atomic mass is 10.0. The molecule has 9 aromatic carbocycles. The molecule has 0 amide bonds. The first-order valence-electron chi connectivity index (χ1n) is 19.6. The summed E-state index contributed by atoms with van der Waals surface area (Å²) in [5, 5.41) is 9.73. The van der Waals surface area contributed by atoms with Crippen LogP contribution in [0, 0.1) is 0 Å². The van der Waals surface area contributed by atoms with Gasteiger partial charge in [-0.05, 0) is 64.7 Å². The molecule has 0 N–H and O–H groups in total. The van der Waals surface area contributed by atoms with Crippen LogP contribution in [0.1, 0.15) is 0 Å². The zero-order valence-electron chi connectivity index (χ0n) is 31.3. The van der Waals surface area contributed by atoms with Crippen LogP contribution < -0.4 is 0 Å². The van der Waals surface area contributed by atoms with E-state index in [0.717, 1.165) is 39.1 Å². The molecule has 0 aliphatic rings. The lowest BCUT2D eigenvalue weighted by Crippen LogP contribution is -2.03. The Labute approximate surface area is 333 Å².